The summed E-state index contributed by atoms with van der Waals surface area (Å²) in [5.41, 5.74) is 7.05. The van der Waals surface area contributed by atoms with Crippen molar-refractivity contribution in [3.63, 3.8) is 0 Å². The van der Waals surface area contributed by atoms with Crippen LogP contribution in [0.4, 0.5) is 0 Å². The maximum Gasteiger partial charge on any atom is 0.253 e. The quantitative estimate of drug-likeness (QED) is 0.875. The molecule has 6 heteroatoms. The second-order valence-corrected chi connectivity index (χ2v) is 8.45. The Bertz CT molecular complexity index is 606. The van der Waals surface area contributed by atoms with Crippen molar-refractivity contribution in [2.45, 2.75) is 25.1 Å². The van der Waals surface area contributed by atoms with Crippen LogP contribution in [0.2, 0.25) is 0 Å². The predicted molar refractivity (Wildman–Crippen MR) is 78.1 cm³/mol. The Labute approximate surface area is 119 Å². The van der Waals surface area contributed by atoms with E-state index in [0.717, 1.165) is 5.56 Å². The molecule has 1 amide bonds. The minimum Gasteiger partial charge on any atom is -0.336 e. The second kappa shape index (κ2) is 5.18. The number of carbonyl (C=O) groups is 1. The van der Waals surface area contributed by atoms with Gasteiger partial charge in [0, 0.05) is 25.2 Å². The molecule has 1 saturated heterocycles. The highest BCUT2D eigenvalue weighted by atomic mass is 32.2. The van der Waals surface area contributed by atoms with Gasteiger partial charge < -0.3 is 10.6 Å². The van der Waals surface area contributed by atoms with Crippen LogP contribution >= 0.6 is 0 Å². The van der Waals surface area contributed by atoms with Crippen molar-refractivity contribution >= 4 is 15.7 Å². The Morgan fingerprint density at radius 1 is 1.30 bits per heavy atom. The van der Waals surface area contributed by atoms with E-state index in [4.69, 9.17) is 5.73 Å². The number of rotatable bonds is 2. The molecule has 5 nitrogen and oxygen atoms in total. The van der Waals surface area contributed by atoms with E-state index in [2.05, 4.69) is 0 Å². The summed E-state index contributed by atoms with van der Waals surface area (Å²) >= 11 is 0. The van der Waals surface area contributed by atoms with Crippen LogP contribution in [0.3, 0.4) is 0 Å². The largest absolute Gasteiger partial charge is 0.336 e. The van der Waals surface area contributed by atoms with Crippen LogP contribution in [-0.4, -0.2) is 42.8 Å². The lowest BCUT2D eigenvalue weighted by Crippen LogP contribution is -2.54. The first kappa shape index (κ1) is 15.0. The molecule has 0 spiro atoms. The van der Waals surface area contributed by atoms with Gasteiger partial charge >= 0.3 is 0 Å². The van der Waals surface area contributed by atoms with Crippen molar-refractivity contribution in [3.8, 4) is 0 Å². The molecule has 0 aliphatic carbocycles. The van der Waals surface area contributed by atoms with E-state index in [9.17, 15) is 13.2 Å². The average Bonchev–Trinajstić information content (AvgIpc) is 2.41. The zero-order valence-corrected chi connectivity index (χ0v) is 12.6. The molecular weight excluding hydrogens is 276 g/mol. The van der Waals surface area contributed by atoms with E-state index >= 15 is 0 Å². The summed E-state index contributed by atoms with van der Waals surface area (Å²) in [6.45, 7) is 4.25. The Hall–Kier alpha value is -1.40. The van der Waals surface area contributed by atoms with Gasteiger partial charge in [-0.15, -0.1) is 0 Å². The van der Waals surface area contributed by atoms with Crippen molar-refractivity contribution in [2.24, 2.45) is 5.73 Å². The van der Waals surface area contributed by atoms with Crippen LogP contribution in [-0.2, 0) is 16.4 Å². The zero-order chi connectivity index (χ0) is 15.0. The average molecular weight is 296 g/mol. The van der Waals surface area contributed by atoms with Gasteiger partial charge in [-0.2, -0.15) is 0 Å². The summed E-state index contributed by atoms with van der Waals surface area (Å²) in [7, 11) is -3.13. The van der Waals surface area contributed by atoms with Crippen molar-refractivity contribution in [1.82, 2.24) is 4.90 Å². The van der Waals surface area contributed by atoms with Gasteiger partial charge in [0.2, 0.25) is 0 Å². The fourth-order valence-electron chi connectivity index (χ4n) is 2.28. The number of sulfone groups is 1. The number of amides is 1. The summed E-state index contributed by atoms with van der Waals surface area (Å²) in [5, 5.41) is 0. The molecule has 0 aromatic heterocycles. The molecule has 1 aromatic rings. The van der Waals surface area contributed by atoms with Crippen molar-refractivity contribution in [1.29, 1.82) is 0 Å². The Kier molecular flexibility index (Phi) is 3.88. The molecule has 1 aliphatic heterocycles. The SMILES string of the molecule is CC1(C)CN(C(=O)c2ccc(CN)cc2)CCS1(=O)=O. The number of nitrogens with zero attached hydrogens (tertiary/aromatic N) is 1. The van der Waals surface area contributed by atoms with Gasteiger partial charge in [0.25, 0.3) is 5.91 Å². The summed E-state index contributed by atoms with van der Waals surface area (Å²) in [6.07, 6.45) is 0. The molecule has 2 N–H and O–H groups in total. The Balaban J connectivity index is 2.18. The smallest absolute Gasteiger partial charge is 0.253 e. The van der Waals surface area contributed by atoms with E-state index in [1.165, 1.54) is 0 Å². The standard InChI is InChI=1S/C14H20N2O3S/c1-14(2)10-16(7-8-20(14,18)19)13(17)12-5-3-11(9-15)4-6-12/h3-6H,7-10,15H2,1-2H3. The van der Waals surface area contributed by atoms with Gasteiger partial charge in [-0.25, -0.2) is 8.42 Å². The van der Waals surface area contributed by atoms with E-state index in [1.807, 2.05) is 12.1 Å². The predicted octanol–water partition coefficient (Wildman–Crippen LogP) is 0.795. The summed E-state index contributed by atoms with van der Waals surface area (Å²) in [6, 6.07) is 7.11. The lowest BCUT2D eigenvalue weighted by Gasteiger charge is -2.37. The molecular formula is C14H20N2O3S. The molecule has 0 radical (unpaired) electrons. The van der Waals surface area contributed by atoms with Crippen LogP contribution in [0.1, 0.15) is 29.8 Å². The maximum absolute atomic E-state index is 12.4. The topological polar surface area (TPSA) is 80.5 Å². The third kappa shape index (κ3) is 2.71. The van der Waals surface area contributed by atoms with Gasteiger partial charge in [-0.1, -0.05) is 12.1 Å². The second-order valence-electron chi connectivity index (χ2n) is 5.71. The number of benzene rings is 1. The molecule has 110 valence electrons. The fourth-order valence-corrected chi connectivity index (χ4v) is 3.65. The molecule has 0 bridgehead atoms. The van der Waals surface area contributed by atoms with E-state index in [0.29, 0.717) is 12.1 Å². The lowest BCUT2D eigenvalue weighted by molar-refractivity contribution is 0.0743. The minimum absolute atomic E-state index is 0.0205. The first-order valence-electron chi connectivity index (χ1n) is 6.57. The minimum atomic E-state index is -3.13. The highest BCUT2D eigenvalue weighted by Gasteiger charge is 2.41. The van der Waals surface area contributed by atoms with Gasteiger partial charge in [-0.3, -0.25) is 4.79 Å². The number of nitrogens with two attached hydrogens (primary N) is 1. The molecule has 1 aliphatic rings. The van der Waals surface area contributed by atoms with Crippen LogP contribution in [0, 0.1) is 0 Å². The van der Waals surface area contributed by atoms with Crippen molar-refractivity contribution in [3.05, 3.63) is 35.4 Å². The van der Waals surface area contributed by atoms with E-state index in [-0.39, 0.29) is 24.7 Å². The van der Waals surface area contributed by atoms with E-state index in [1.54, 1.807) is 30.9 Å². The third-order valence-corrected chi connectivity index (χ3v) is 6.30. The van der Waals surface area contributed by atoms with Gasteiger partial charge in [0.05, 0.1) is 10.5 Å². The molecule has 2 rings (SSSR count). The summed E-state index contributed by atoms with van der Waals surface area (Å²) in [4.78, 5) is 14.0. The van der Waals surface area contributed by atoms with E-state index < -0.39 is 14.6 Å². The van der Waals surface area contributed by atoms with Gasteiger partial charge in [0.1, 0.15) is 0 Å². The number of hydrogen-bond acceptors (Lipinski definition) is 4. The lowest BCUT2D eigenvalue weighted by atomic mass is 10.1. The fraction of sp³-hybridized carbons (Fsp3) is 0.500. The summed E-state index contributed by atoms with van der Waals surface area (Å²) < 4.78 is 23.0. The first-order valence-corrected chi connectivity index (χ1v) is 8.23. The highest BCUT2D eigenvalue weighted by molar-refractivity contribution is 7.92. The third-order valence-electron chi connectivity index (χ3n) is 3.77. The maximum atomic E-state index is 12.4. The van der Waals surface area contributed by atoms with Crippen molar-refractivity contribution < 1.29 is 13.2 Å². The summed E-state index contributed by atoms with van der Waals surface area (Å²) in [5.74, 6) is -0.108. The number of hydrogen-bond donors (Lipinski definition) is 1. The van der Waals surface area contributed by atoms with Crippen LogP contribution in [0.15, 0.2) is 24.3 Å². The Morgan fingerprint density at radius 3 is 2.40 bits per heavy atom. The van der Waals surface area contributed by atoms with Crippen LogP contribution in [0.5, 0.6) is 0 Å². The van der Waals surface area contributed by atoms with Gasteiger partial charge in [-0.05, 0) is 31.5 Å². The molecule has 1 aromatic carbocycles. The number of carbonyl (C=O) groups excluding carboxylic acids is 1. The van der Waals surface area contributed by atoms with Crippen molar-refractivity contribution in [2.75, 3.05) is 18.8 Å². The first-order chi connectivity index (χ1) is 9.27. The molecule has 0 saturated carbocycles. The Morgan fingerprint density at radius 2 is 1.90 bits per heavy atom. The highest BCUT2D eigenvalue weighted by Crippen LogP contribution is 2.24. The molecule has 0 atom stereocenters. The molecule has 1 heterocycles. The van der Waals surface area contributed by atoms with Crippen LogP contribution < -0.4 is 5.73 Å². The molecule has 20 heavy (non-hydrogen) atoms. The van der Waals surface area contributed by atoms with Crippen LogP contribution in [0.25, 0.3) is 0 Å². The normalized spacial score (nSPS) is 20.6. The molecule has 1 fully saturated rings. The zero-order valence-electron chi connectivity index (χ0n) is 11.8. The van der Waals surface area contributed by atoms with Gasteiger partial charge in [0.15, 0.2) is 9.84 Å². The monoisotopic (exact) mass is 296 g/mol. The molecule has 0 unspecified atom stereocenters.